The Morgan fingerprint density at radius 2 is 2.19 bits per heavy atom. The summed E-state index contributed by atoms with van der Waals surface area (Å²) in [6.07, 6.45) is 1.80. The van der Waals surface area contributed by atoms with Crippen molar-refractivity contribution in [2.75, 3.05) is 32.6 Å². The van der Waals surface area contributed by atoms with Crippen LogP contribution in [0, 0.1) is 0 Å². The van der Waals surface area contributed by atoms with E-state index in [1.807, 2.05) is 14.1 Å². The average molecular weight is 292 g/mol. The lowest BCUT2D eigenvalue weighted by Gasteiger charge is -2.23. The molecule has 0 spiro atoms. The van der Waals surface area contributed by atoms with Crippen LogP contribution in [0.1, 0.15) is 19.7 Å². The second-order valence-electron chi connectivity index (χ2n) is 5.24. The molecule has 2 heterocycles. The lowest BCUT2D eigenvalue weighted by atomic mass is 10.3. The Hall–Kier alpha value is -1.73. The number of anilines is 1. The molecule has 0 fully saturated rings. The molecule has 2 aromatic heterocycles. The number of methoxy groups -OCH3 is 1. The zero-order valence-corrected chi connectivity index (χ0v) is 13.4. The Bertz CT molecular complexity index is 596. The van der Waals surface area contributed by atoms with E-state index < -0.39 is 0 Å². The van der Waals surface area contributed by atoms with Gasteiger partial charge < -0.3 is 10.1 Å². The third-order valence-electron chi connectivity index (χ3n) is 3.53. The van der Waals surface area contributed by atoms with Crippen LogP contribution < -0.4 is 5.32 Å². The highest BCUT2D eigenvalue weighted by molar-refractivity contribution is 5.86. The molecule has 7 heteroatoms. The van der Waals surface area contributed by atoms with Crippen molar-refractivity contribution in [1.29, 1.82) is 0 Å². The summed E-state index contributed by atoms with van der Waals surface area (Å²) >= 11 is 0. The summed E-state index contributed by atoms with van der Waals surface area (Å²) in [6.45, 7) is 6.35. The topological polar surface area (TPSA) is 68.1 Å². The predicted octanol–water partition coefficient (Wildman–Crippen LogP) is 1.26. The normalized spacial score (nSPS) is 13.0. The fourth-order valence-corrected chi connectivity index (χ4v) is 2.19. The number of rotatable bonds is 7. The van der Waals surface area contributed by atoms with E-state index in [-0.39, 0.29) is 0 Å². The van der Waals surface area contributed by atoms with Gasteiger partial charge >= 0.3 is 0 Å². The maximum atomic E-state index is 5.19. The quantitative estimate of drug-likeness (QED) is 0.828. The van der Waals surface area contributed by atoms with Gasteiger partial charge in [0, 0.05) is 26.7 Å². The summed E-state index contributed by atoms with van der Waals surface area (Å²) in [6, 6.07) is 0.309. The van der Waals surface area contributed by atoms with Gasteiger partial charge in [0.1, 0.15) is 11.6 Å². The Kier molecular flexibility index (Phi) is 5.08. The Morgan fingerprint density at radius 1 is 1.43 bits per heavy atom. The van der Waals surface area contributed by atoms with Gasteiger partial charge in [0.05, 0.1) is 24.7 Å². The van der Waals surface area contributed by atoms with Crippen LogP contribution >= 0.6 is 0 Å². The SMILES string of the molecule is CCNc1nc(CN(C)C(C)COC)nc2c1cnn2C. The number of nitrogens with zero attached hydrogens (tertiary/aromatic N) is 5. The van der Waals surface area contributed by atoms with Crippen molar-refractivity contribution in [2.45, 2.75) is 26.4 Å². The number of hydrogen-bond acceptors (Lipinski definition) is 6. The van der Waals surface area contributed by atoms with Gasteiger partial charge in [-0.15, -0.1) is 0 Å². The summed E-state index contributed by atoms with van der Waals surface area (Å²) in [5.74, 6) is 1.63. The number of ether oxygens (including phenoxy) is 1. The zero-order chi connectivity index (χ0) is 15.4. The molecule has 0 aliphatic heterocycles. The van der Waals surface area contributed by atoms with Crippen LogP contribution in [0.4, 0.5) is 5.82 Å². The van der Waals surface area contributed by atoms with Gasteiger partial charge in [0.2, 0.25) is 0 Å². The molecule has 116 valence electrons. The number of fused-ring (bicyclic) bond motifs is 1. The molecule has 0 saturated heterocycles. The van der Waals surface area contributed by atoms with E-state index in [0.29, 0.717) is 19.2 Å². The van der Waals surface area contributed by atoms with E-state index >= 15 is 0 Å². The molecule has 1 atom stereocenters. The van der Waals surface area contributed by atoms with Gasteiger partial charge in [-0.25, -0.2) is 9.97 Å². The molecule has 0 bridgehead atoms. The average Bonchev–Trinajstić information content (AvgIpc) is 2.81. The first-order valence-corrected chi connectivity index (χ1v) is 7.18. The number of aryl methyl sites for hydroxylation is 1. The van der Waals surface area contributed by atoms with Gasteiger partial charge in [-0.2, -0.15) is 5.10 Å². The Labute approximate surface area is 125 Å². The molecule has 0 aromatic carbocycles. The molecule has 0 aliphatic rings. The standard InChI is InChI=1S/C14H24N6O/c1-6-15-13-11-7-16-20(4)14(11)18-12(17-13)8-19(3)10(2)9-21-5/h7,10H,6,8-9H2,1-5H3,(H,15,17,18). The lowest BCUT2D eigenvalue weighted by molar-refractivity contribution is 0.110. The predicted molar refractivity (Wildman–Crippen MR) is 83.3 cm³/mol. The summed E-state index contributed by atoms with van der Waals surface area (Å²) in [4.78, 5) is 11.4. The third-order valence-corrected chi connectivity index (χ3v) is 3.53. The molecule has 0 saturated carbocycles. The number of aromatic nitrogens is 4. The van der Waals surface area contributed by atoms with Crippen LogP contribution in [0.25, 0.3) is 11.0 Å². The molecule has 1 N–H and O–H groups in total. The highest BCUT2D eigenvalue weighted by Gasteiger charge is 2.15. The lowest BCUT2D eigenvalue weighted by Crippen LogP contribution is -2.32. The van der Waals surface area contributed by atoms with Crippen LogP contribution in [0.5, 0.6) is 0 Å². The molecule has 0 amide bonds. The minimum absolute atomic E-state index is 0.309. The molecule has 7 nitrogen and oxygen atoms in total. The van der Waals surface area contributed by atoms with Crippen molar-refractivity contribution in [3.63, 3.8) is 0 Å². The maximum absolute atomic E-state index is 5.19. The molecule has 0 aliphatic carbocycles. The van der Waals surface area contributed by atoms with E-state index in [1.165, 1.54) is 0 Å². The van der Waals surface area contributed by atoms with Crippen molar-refractivity contribution in [3.8, 4) is 0 Å². The molecule has 2 rings (SSSR count). The highest BCUT2D eigenvalue weighted by atomic mass is 16.5. The first kappa shape index (κ1) is 15.7. The fourth-order valence-electron chi connectivity index (χ4n) is 2.19. The van der Waals surface area contributed by atoms with Gasteiger partial charge in [-0.05, 0) is 20.9 Å². The van der Waals surface area contributed by atoms with Gasteiger partial charge in [0.25, 0.3) is 0 Å². The second kappa shape index (κ2) is 6.82. The minimum atomic E-state index is 0.309. The minimum Gasteiger partial charge on any atom is -0.383 e. The summed E-state index contributed by atoms with van der Waals surface area (Å²) in [5, 5.41) is 8.50. The number of nitrogens with one attached hydrogen (secondary N) is 1. The van der Waals surface area contributed by atoms with Crippen LogP contribution in [0.2, 0.25) is 0 Å². The second-order valence-corrected chi connectivity index (χ2v) is 5.24. The van der Waals surface area contributed by atoms with E-state index in [9.17, 15) is 0 Å². The van der Waals surface area contributed by atoms with E-state index in [1.54, 1.807) is 18.0 Å². The molecule has 21 heavy (non-hydrogen) atoms. The molecule has 0 radical (unpaired) electrons. The Morgan fingerprint density at radius 3 is 2.86 bits per heavy atom. The molecular formula is C14H24N6O. The third kappa shape index (κ3) is 3.48. The van der Waals surface area contributed by atoms with Crippen LogP contribution in [0.3, 0.4) is 0 Å². The first-order chi connectivity index (χ1) is 10.1. The van der Waals surface area contributed by atoms with E-state index in [2.05, 4.69) is 39.1 Å². The largest absolute Gasteiger partial charge is 0.383 e. The van der Waals surface area contributed by atoms with E-state index in [4.69, 9.17) is 4.74 Å². The van der Waals surface area contributed by atoms with Crippen LogP contribution in [0.15, 0.2) is 6.20 Å². The van der Waals surface area contributed by atoms with Crippen molar-refractivity contribution < 1.29 is 4.74 Å². The number of likely N-dealkylation sites (N-methyl/N-ethyl adjacent to an activating group) is 1. The zero-order valence-electron chi connectivity index (χ0n) is 13.4. The van der Waals surface area contributed by atoms with Crippen LogP contribution in [-0.4, -0.2) is 58.0 Å². The van der Waals surface area contributed by atoms with Crippen LogP contribution in [-0.2, 0) is 18.3 Å². The first-order valence-electron chi connectivity index (χ1n) is 7.18. The fraction of sp³-hybridized carbons (Fsp3) is 0.643. The van der Waals surface area contributed by atoms with Crippen molar-refractivity contribution >= 4 is 16.9 Å². The Balaban J connectivity index is 2.29. The summed E-state index contributed by atoms with van der Waals surface area (Å²) in [5.41, 5.74) is 0.851. The van der Waals surface area contributed by atoms with Gasteiger partial charge in [0.15, 0.2) is 5.65 Å². The summed E-state index contributed by atoms with van der Waals surface area (Å²) < 4.78 is 6.97. The maximum Gasteiger partial charge on any atom is 0.163 e. The van der Waals surface area contributed by atoms with E-state index in [0.717, 1.165) is 29.2 Å². The smallest absolute Gasteiger partial charge is 0.163 e. The van der Waals surface area contributed by atoms with Crippen molar-refractivity contribution in [2.24, 2.45) is 7.05 Å². The molecule has 2 aromatic rings. The molecule has 1 unspecified atom stereocenters. The summed E-state index contributed by atoms with van der Waals surface area (Å²) in [7, 11) is 5.66. The van der Waals surface area contributed by atoms with Gasteiger partial charge in [-0.3, -0.25) is 9.58 Å². The monoisotopic (exact) mass is 292 g/mol. The van der Waals surface area contributed by atoms with Crippen molar-refractivity contribution in [3.05, 3.63) is 12.0 Å². The highest BCUT2D eigenvalue weighted by Crippen LogP contribution is 2.20. The number of hydrogen-bond donors (Lipinski definition) is 1. The van der Waals surface area contributed by atoms with Crippen molar-refractivity contribution in [1.82, 2.24) is 24.6 Å². The molecular weight excluding hydrogens is 268 g/mol. The van der Waals surface area contributed by atoms with Gasteiger partial charge in [-0.1, -0.05) is 0 Å².